The van der Waals surface area contributed by atoms with E-state index in [9.17, 15) is 13.2 Å². The monoisotopic (exact) mass is 541 g/mol. The van der Waals surface area contributed by atoms with Crippen LogP contribution >= 0.6 is 24.0 Å². The number of aliphatic imine (C=N–C) groups is 1. The van der Waals surface area contributed by atoms with E-state index >= 15 is 0 Å². The number of nitrogens with zero attached hydrogens (tertiary/aromatic N) is 2. The van der Waals surface area contributed by atoms with Crippen LogP contribution in [0.4, 0.5) is 0 Å². The summed E-state index contributed by atoms with van der Waals surface area (Å²) in [6.07, 6.45) is 2.77. The summed E-state index contributed by atoms with van der Waals surface area (Å²) in [6.45, 7) is 5.10. The van der Waals surface area contributed by atoms with E-state index in [0.29, 0.717) is 31.4 Å². The number of hydrogen-bond acceptors (Lipinski definition) is 6. The molecule has 0 spiro atoms. The summed E-state index contributed by atoms with van der Waals surface area (Å²) in [5.74, 6) is 1.69. The number of aromatic nitrogens is 1. The second-order valence-corrected chi connectivity index (χ2v) is 9.23. The average molecular weight is 541 g/mol. The van der Waals surface area contributed by atoms with E-state index in [4.69, 9.17) is 4.52 Å². The van der Waals surface area contributed by atoms with Crippen molar-refractivity contribution in [2.45, 2.75) is 58.0 Å². The Morgan fingerprint density at radius 2 is 2.07 bits per heavy atom. The van der Waals surface area contributed by atoms with Crippen molar-refractivity contribution >= 4 is 45.7 Å². The summed E-state index contributed by atoms with van der Waals surface area (Å²) in [6, 6.07) is 1.69. The molecule has 11 heteroatoms. The molecule has 2 rings (SSSR count). The number of nitrogens with one attached hydrogen (secondary N) is 3. The highest BCUT2D eigenvalue weighted by atomic mass is 127. The summed E-state index contributed by atoms with van der Waals surface area (Å²) < 4.78 is 28.2. The van der Waals surface area contributed by atoms with Gasteiger partial charge in [0.05, 0.1) is 23.7 Å². The molecule has 2 heterocycles. The molecule has 0 bridgehead atoms. The van der Waals surface area contributed by atoms with Crippen LogP contribution < -0.4 is 16.0 Å². The number of guanidine groups is 1. The fourth-order valence-electron chi connectivity index (χ4n) is 3.21. The highest BCUT2D eigenvalue weighted by molar-refractivity contribution is 14.0. The maximum Gasteiger partial charge on any atom is 0.222 e. The molecule has 166 valence electrons. The topological polar surface area (TPSA) is 126 Å². The molecule has 1 unspecified atom stereocenters. The minimum absolute atomic E-state index is 0. The standard InChI is InChI=1S/C18H31N5O4S.HI/c1-4-13(5-2)16-10-15(27-23-16)11-21-18(19-3)20-8-6-17(24)22-14-7-9-28(25,26)12-14;/h10,13-14H,4-9,11-12H2,1-3H3,(H,22,24)(H2,19,20,21);1H. The van der Waals surface area contributed by atoms with Gasteiger partial charge in [0.15, 0.2) is 21.6 Å². The fourth-order valence-corrected chi connectivity index (χ4v) is 4.88. The van der Waals surface area contributed by atoms with Crippen molar-refractivity contribution in [3.8, 4) is 0 Å². The van der Waals surface area contributed by atoms with Crippen LogP contribution in [-0.2, 0) is 21.2 Å². The first-order valence-corrected chi connectivity index (χ1v) is 11.6. The number of halogens is 1. The van der Waals surface area contributed by atoms with Gasteiger partial charge in [0, 0.05) is 38.0 Å². The average Bonchev–Trinajstić information content (AvgIpc) is 3.25. The quantitative estimate of drug-likeness (QED) is 0.246. The van der Waals surface area contributed by atoms with Crippen molar-refractivity contribution in [2.75, 3.05) is 25.1 Å². The van der Waals surface area contributed by atoms with E-state index in [2.05, 4.69) is 39.9 Å². The van der Waals surface area contributed by atoms with Gasteiger partial charge in [-0.1, -0.05) is 19.0 Å². The third kappa shape index (κ3) is 8.49. The fraction of sp³-hybridized carbons (Fsp3) is 0.722. The molecule has 0 aliphatic carbocycles. The van der Waals surface area contributed by atoms with Crippen molar-refractivity contribution in [1.82, 2.24) is 21.1 Å². The number of rotatable bonds is 9. The van der Waals surface area contributed by atoms with Crippen LogP contribution in [0.2, 0.25) is 0 Å². The first kappa shape index (κ1) is 25.7. The molecule has 29 heavy (non-hydrogen) atoms. The van der Waals surface area contributed by atoms with Crippen molar-refractivity contribution in [1.29, 1.82) is 0 Å². The summed E-state index contributed by atoms with van der Waals surface area (Å²) in [4.78, 5) is 16.1. The number of carbonyl (C=O) groups is 1. The molecule has 1 atom stereocenters. The van der Waals surface area contributed by atoms with Crippen LogP contribution in [0.5, 0.6) is 0 Å². The largest absolute Gasteiger partial charge is 0.359 e. The number of hydrogen-bond donors (Lipinski definition) is 3. The Labute approximate surface area is 189 Å². The molecule has 0 radical (unpaired) electrons. The number of carbonyl (C=O) groups excluding carboxylic acids is 1. The van der Waals surface area contributed by atoms with Gasteiger partial charge in [0.2, 0.25) is 5.91 Å². The predicted octanol–water partition coefficient (Wildman–Crippen LogP) is 1.55. The zero-order valence-electron chi connectivity index (χ0n) is 17.2. The minimum Gasteiger partial charge on any atom is -0.359 e. The van der Waals surface area contributed by atoms with Gasteiger partial charge in [-0.2, -0.15) is 0 Å². The summed E-state index contributed by atoms with van der Waals surface area (Å²) in [5.41, 5.74) is 0.968. The van der Waals surface area contributed by atoms with Crippen molar-refractivity contribution < 1.29 is 17.7 Å². The smallest absolute Gasteiger partial charge is 0.222 e. The number of amides is 1. The molecular weight excluding hydrogens is 509 g/mol. The summed E-state index contributed by atoms with van der Waals surface area (Å²) >= 11 is 0. The van der Waals surface area contributed by atoms with Crippen LogP contribution in [0.1, 0.15) is 56.9 Å². The van der Waals surface area contributed by atoms with Gasteiger partial charge in [-0.3, -0.25) is 9.79 Å². The number of sulfone groups is 1. The first-order chi connectivity index (χ1) is 13.4. The van der Waals surface area contributed by atoms with Gasteiger partial charge in [-0.05, 0) is 19.3 Å². The van der Waals surface area contributed by atoms with Gasteiger partial charge in [-0.25, -0.2) is 8.42 Å². The van der Waals surface area contributed by atoms with E-state index in [1.54, 1.807) is 7.05 Å². The second kappa shape index (κ2) is 12.4. The lowest BCUT2D eigenvalue weighted by Crippen LogP contribution is -2.40. The van der Waals surface area contributed by atoms with Gasteiger partial charge in [-0.15, -0.1) is 24.0 Å². The van der Waals surface area contributed by atoms with E-state index in [1.807, 2.05) is 6.07 Å². The highest BCUT2D eigenvalue weighted by Crippen LogP contribution is 2.22. The van der Waals surface area contributed by atoms with Crippen molar-refractivity contribution in [3.63, 3.8) is 0 Å². The van der Waals surface area contributed by atoms with Crippen LogP contribution in [0, 0.1) is 0 Å². The van der Waals surface area contributed by atoms with Crippen LogP contribution in [0.25, 0.3) is 0 Å². The maximum absolute atomic E-state index is 12.0. The van der Waals surface area contributed by atoms with Gasteiger partial charge < -0.3 is 20.5 Å². The zero-order chi connectivity index (χ0) is 20.6. The Balaban J connectivity index is 0.00000420. The molecule has 1 fully saturated rings. The van der Waals surface area contributed by atoms with E-state index in [0.717, 1.165) is 24.3 Å². The molecule has 1 saturated heterocycles. The lowest BCUT2D eigenvalue weighted by atomic mass is 9.99. The molecule has 1 aliphatic heterocycles. The highest BCUT2D eigenvalue weighted by Gasteiger charge is 2.28. The minimum atomic E-state index is -2.99. The van der Waals surface area contributed by atoms with Crippen molar-refractivity contribution in [3.05, 3.63) is 17.5 Å². The predicted molar refractivity (Wildman–Crippen MR) is 123 cm³/mol. The Kier molecular flexibility index (Phi) is 10.9. The third-order valence-electron chi connectivity index (χ3n) is 4.88. The molecule has 1 aliphatic rings. The normalized spacial score (nSPS) is 18.3. The van der Waals surface area contributed by atoms with E-state index in [1.165, 1.54) is 0 Å². The molecule has 1 aromatic heterocycles. The van der Waals surface area contributed by atoms with Gasteiger partial charge in [0.1, 0.15) is 0 Å². The van der Waals surface area contributed by atoms with Gasteiger partial charge >= 0.3 is 0 Å². The Morgan fingerprint density at radius 1 is 1.34 bits per heavy atom. The zero-order valence-corrected chi connectivity index (χ0v) is 20.4. The molecule has 9 nitrogen and oxygen atoms in total. The van der Waals surface area contributed by atoms with Crippen LogP contribution in [0.15, 0.2) is 15.6 Å². The Morgan fingerprint density at radius 3 is 2.66 bits per heavy atom. The SMILES string of the molecule is CCC(CC)c1cc(CNC(=NC)NCCC(=O)NC2CCS(=O)(=O)C2)on1.I. The van der Waals surface area contributed by atoms with Crippen LogP contribution in [-0.4, -0.2) is 56.6 Å². The second-order valence-electron chi connectivity index (χ2n) is 7.00. The molecule has 0 saturated carbocycles. The summed E-state index contributed by atoms with van der Waals surface area (Å²) in [7, 11) is -1.35. The molecule has 1 aromatic rings. The molecule has 0 aromatic carbocycles. The van der Waals surface area contributed by atoms with Crippen LogP contribution in [0.3, 0.4) is 0 Å². The van der Waals surface area contributed by atoms with E-state index < -0.39 is 9.84 Å². The van der Waals surface area contributed by atoms with Gasteiger partial charge in [0.25, 0.3) is 0 Å². The summed E-state index contributed by atoms with van der Waals surface area (Å²) in [5, 5.41) is 13.1. The molecular formula is C18H32IN5O4S. The Bertz CT molecular complexity index is 777. The van der Waals surface area contributed by atoms with Crippen molar-refractivity contribution in [2.24, 2.45) is 4.99 Å². The first-order valence-electron chi connectivity index (χ1n) is 9.76. The Hall–Kier alpha value is -1.37. The maximum atomic E-state index is 12.0. The van der Waals surface area contributed by atoms with E-state index in [-0.39, 0.29) is 53.9 Å². The third-order valence-corrected chi connectivity index (χ3v) is 6.64. The lowest BCUT2D eigenvalue weighted by Gasteiger charge is -2.13. The molecule has 3 N–H and O–H groups in total. The molecule has 1 amide bonds. The lowest BCUT2D eigenvalue weighted by molar-refractivity contribution is -0.121.